The highest BCUT2D eigenvalue weighted by atomic mass is 16.3. The predicted octanol–water partition coefficient (Wildman–Crippen LogP) is 13.0. The lowest BCUT2D eigenvalue weighted by Crippen LogP contribution is -2.11. The molecular weight excluding hydrogens is 735 g/mol. The Balaban J connectivity index is 1.05. The smallest absolute Gasteiger partial charge is 0.185 e. The van der Waals surface area contributed by atoms with Gasteiger partial charge in [0.25, 0.3) is 0 Å². The van der Waals surface area contributed by atoms with Crippen LogP contribution in [0.2, 0.25) is 0 Å². The van der Waals surface area contributed by atoms with E-state index in [-0.39, 0.29) is 11.8 Å². The normalized spacial score (nSPS) is 17.4. The lowest BCUT2D eigenvalue weighted by atomic mass is 9.85. The number of furan rings is 1. The zero-order valence-corrected chi connectivity index (χ0v) is 32.9. The molecule has 0 N–H and O–H groups in total. The second-order valence-corrected chi connectivity index (χ2v) is 16.1. The molecular formula is C54H39N5O. The highest BCUT2D eigenvalue weighted by Crippen LogP contribution is 2.44. The van der Waals surface area contributed by atoms with Gasteiger partial charge in [-0.15, -0.1) is 5.10 Å². The van der Waals surface area contributed by atoms with Crippen molar-refractivity contribution in [2.45, 2.75) is 37.5 Å². The molecule has 0 saturated heterocycles. The van der Waals surface area contributed by atoms with Crippen LogP contribution < -0.4 is 0 Å². The van der Waals surface area contributed by atoms with Gasteiger partial charge in [0.2, 0.25) is 0 Å². The molecule has 5 aromatic heterocycles. The Hall–Kier alpha value is -7.44. The SMILES string of the molecule is C1=CCCC(c2cc(-c3ccccc3)c3nc(C4=CC(c5ccc6ccc7ccc(C8C=CC=CC8)nc7c6n5)Cc5c4oc4ccc(-c6ccccc6)cc54)nn3c2)=C1. The maximum absolute atomic E-state index is 6.85. The van der Waals surface area contributed by atoms with E-state index in [0.29, 0.717) is 5.82 Å². The van der Waals surface area contributed by atoms with Crippen LogP contribution in [-0.2, 0) is 6.42 Å². The molecule has 6 heteroatoms. The molecule has 5 heterocycles. The average molecular weight is 774 g/mol. The maximum atomic E-state index is 6.85. The van der Waals surface area contributed by atoms with Gasteiger partial charge in [0.05, 0.1) is 16.6 Å². The molecule has 0 fully saturated rings. The van der Waals surface area contributed by atoms with Gasteiger partial charge >= 0.3 is 0 Å². The molecule has 4 aromatic carbocycles. The highest BCUT2D eigenvalue weighted by molar-refractivity contribution is 6.03. The fraction of sp³-hybridized carbons (Fsp3) is 0.111. The van der Waals surface area contributed by atoms with Gasteiger partial charge in [0, 0.05) is 56.7 Å². The fourth-order valence-corrected chi connectivity index (χ4v) is 9.26. The van der Waals surface area contributed by atoms with Crippen LogP contribution in [0.5, 0.6) is 0 Å². The third-order valence-corrected chi connectivity index (χ3v) is 12.4. The zero-order chi connectivity index (χ0) is 39.6. The van der Waals surface area contributed by atoms with Crippen LogP contribution in [0, 0.1) is 0 Å². The number of rotatable bonds is 6. The number of allylic oxidation sites excluding steroid dienone is 9. The van der Waals surface area contributed by atoms with E-state index in [9.17, 15) is 0 Å². The number of pyridine rings is 3. The summed E-state index contributed by atoms with van der Waals surface area (Å²) in [6.45, 7) is 0. The number of nitrogens with zero attached hydrogens (tertiary/aromatic N) is 5. The molecule has 286 valence electrons. The van der Waals surface area contributed by atoms with Gasteiger partial charge in [-0.1, -0.05) is 140 Å². The Morgan fingerprint density at radius 1 is 0.633 bits per heavy atom. The second kappa shape index (κ2) is 14.1. The summed E-state index contributed by atoms with van der Waals surface area (Å²) in [4.78, 5) is 16.1. The van der Waals surface area contributed by atoms with Crippen molar-refractivity contribution in [3.63, 3.8) is 0 Å². The molecule has 6 nitrogen and oxygen atoms in total. The Labute approximate surface area is 347 Å². The molecule has 2 atom stereocenters. The van der Waals surface area contributed by atoms with Crippen molar-refractivity contribution in [2.75, 3.05) is 0 Å². The third kappa shape index (κ3) is 5.94. The molecule has 12 rings (SSSR count). The summed E-state index contributed by atoms with van der Waals surface area (Å²) in [6.07, 6.45) is 23.4. The van der Waals surface area contributed by atoms with E-state index in [0.717, 1.165) is 115 Å². The Bertz CT molecular complexity index is 3330. The monoisotopic (exact) mass is 773 g/mol. The van der Waals surface area contributed by atoms with E-state index in [1.807, 2.05) is 4.52 Å². The van der Waals surface area contributed by atoms with E-state index in [1.54, 1.807) is 0 Å². The number of hydrogen-bond donors (Lipinski definition) is 0. The summed E-state index contributed by atoms with van der Waals surface area (Å²) in [5.41, 5.74) is 14.5. The van der Waals surface area contributed by atoms with Gasteiger partial charge in [-0.3, -0.25) is 0 Å². The summed E-state index contributed by atoms with van der Waals surface area (Å²) in [6, 6.07) is 42.9. The van der Waals surface area contributed by atoms with Crippen molar-refractivity contribution < 1.29 is 4.42 Å². The molecule has 0 spiro atoms. The van der Waals surface area contributed by atoms with E-state index >= 15 is 0 Å². The molecule has 0 amide bonds. The van der Waals surface area contributed by atoms with Gasteiger partial charge in [-0.05, 0) is 83.8 Å². The highest BCUT2D eigenvalue weighted by Gasteiger charge is 2.31. The van der Waals surface area contributed by atoms with Gasteiger partial charge in [-0.25, -0.2) is 19.5 Å². The topological polar surface area (TPSA) is 69.1 Å². The summed E-state index contributed by atoms with van der Waals surface area (Å²) in [5.74, 6) is 1.62. The van der Waals surface area contributed by atoms with Crippen LogP contribution >= 0.6 is 0 Å². The molecule has 3 aliphatic carbocycles. The number of benzene rings is 4. The van der Waals surface area contributed by atoms with Gasteiger partial charge in [0.1, 0.15) is 11.3 Å². The first-order valence-electron chi connectivity index (χ1n) is 20.9. The van der Waals surface area contributed by atoms with Gasteiger partial charge in [-0.2, -0.15) is 0 Å². The second-order valence-electron chi connectivity index (χ2n) is 16.1. The summed E-state index contributed by atoms with van der Waals surface area (Å²) in [7, 11) is 0. The lowest BCUT2D eigenvalue weighted by Gasteiger charge is -2.20. The third-order valence-electron chi connectivity index (χ3n) is 12.4. The van der Waals surface area contributed by atoms with Crippen molar-refractivity contribution >= 4 is 49.6 Å². The van der Waals surface area contributed by atoms with Crippen molar-refractivity contribution in [1.82, 2.24) is 24.6 Å². The van der Waals surface area contributed by atoms with Crippen LogP contribution in [0.3, 0.4) is 0 Å². The lowest BCUT2D eigenvalue weighted by molar-refractivity contribution is 0.585. The van der Waals surface area contributed by atoms with Crippen LogP contribution in [0.1, 0.15) is 65.2 Å². The summed E-state index contributed by atoms with van der Waals surface area (Å²) < 4.78 is 8.81. The minimum Gasteiger partial charge on any atom is -0.456 e. The minimum absolute atomic E-state index is 0.0714. The standard InChI is InChI=1S/C54H39N5O/c1-5-13-34(14-6-1)40-25-28-49-44(29-40)45-30-41(48-27-24-39-22-21-38-23-26-47(37-19-11-4-12-20-37)55-50(38)51(39)56-48)31-46(52(45)60-49)53-57-54-43(36-17-9-3-10-18-36)32-42(33-59(54)58-53)35-15-7-2-8-16-35/h1-7,9-15,17-19,21-29,31-33,37,41H,8,16,20,30H2. The average Bonchev–Trinajstić information content (AvgIpc) is 3.93. The summed E-state index contributed by atoms with van der Waals surface area (Å²) in [5, 5.41) is 8.54. The summed E-state index contributed by atoms with van der Waals surface area (Å²) >= 11 is 0. The van der Waals surface area contributed by atoms with Crippen molar-refractivity contribution in [3.8, 4) is 22.3 Å². The molecule has 2 unspecified atom stereocenters. The molecule has 60 heavy (non-hydrogen) atoms. The maximum Gasteiger partial charge on any atom is 0.185 e. The Morgan fingerprint density at radius 2 is 1.38 bits per heavy atom. The van der Waals surface area contributed by atoms with Crippen molar-refractivity contribution in [2.24, 2.45) is 0 Å². The first kappa shape index (κ1) is 34.6. The van der Waals surface area contributed by atoms with E-state index in [1.165, 1.54) is 11.1 Å². The quantitative estimate of drug-likeness (QED) is 0.157. The van der Waals surface area contributed by atoms with Crippen LogP contribution in [-0.4, -0.2) is 24.6 Å². The van der Waals surface area contributed by atoms with Crippen LogP contribution in [0.4, 0.5) is 0 Å². The van der Waals surface area contributed by atoms with Crippen LogP contribution in [0.25, 0.3) is 71.8 Å². The molecule has 0 bridgehead atoms. The van der Waals surface area contributed by atoms with Gasteiger partial charge in [0.15, 0.2) is 11.5 Å². The van der Waals surface area contributed by atoms with Crippen LogP contribution in [0.15, 0.2) is 181 Å². The number of aromatic nitrogens is 5. The van der Waals surface area contributed by atoms with E-state index in [2.05, 4.69) is 176 Å². The predicted molar refractivity (Wildman–Crippen MR) is 243 cm³/mol. The van der Waals surface area contributed by atoms with E-state index in [4.69, 9.17) is 24.5 Å². The molecule has 0 radical (unpaired) electrons. The van der Waals surface area contributed by atoms with Crippen molar-refractivity contribution in [1.29, 1.82) is 0 Å². The van der Waals surface area contributed by atoms with Crippen molar-refractivity contribution in [3.05, 3.63) is 210 Å². The van der Waals surface area contributed by atoms with Gasteiger partial charge < -0.3 is 4.42 Å². The molecule has 0 aliphatic heterocycles. The first-order valence-corrected chi connectivity index (χ1v) is 20.9. The Morgan fingerprint density at radius 3 is 2.12 bits per heavy atom. The molecule has 0 saturated carbocycles. The minimum atomic E-state index is -0.0714. The van der Waals surface area contributed by atoms with E-state index < -0.39 is 0 Å². The largest absolute Gasteiger partial charge is 0.456 e. The fourth-order valence-electron chi connectivity index (χ4n) is 9.26. The zero-order valence-electron chi connectivity index (χ0n) is 32.9. The molecule has 3 aliphatic rings. The number of hydrogen-bond acceptors (Lipinski definition) is 5. The molecule has 9 aromatic rings. The number of fused-ring (bicyclic) bond motifs is 7. The first-order chi connectivity index (χ1) is 29.7. The Kier molecular flexibility index (Phi) is 8.15.